The molecule has 0 amide bonds. The highest BCUT2D eigenvalue weighted by molar-refractivity contribution is 7.92. The van der Waals surface area contributed by atoms with Crippen LogP contribution in [0.25, 0.3) is 0 Å². The maximum absolute atomic E-state index is 12.8. The molecular weight excluding hydrogens is 485 g/mol. The van der Waals surface area contributed by atoms with Crippen molar-refractivity contribution >= 4 is 44.9 Å². The maximum atomic E-state index is 12.8. The summed E-state index contributed by atoms with van der Waals surface area (Å²) >= 11 is 5.83. The van der Waals surface area contributed by atoms with Gasteiger partial charge in [-0.05, 0) is 48.0 Å². The molecule has 3 rings (SSSR count). The van der Waals surface area contributed by atoms with Crippen LogP contribution in [0.5, 0.6) is 0 Å². The van der Waals surface area contributed by atoms with E-state index in [0.717, 1.165) is 36.5 Å². The lowest BCUT2D eigenvalue weighted by Crippen LogP contribution is -2.13. The van der Waals surface area contributed by atoms with Gasteiger partial charge in [0.25, 0.3) is 15.7 Å². The van der Waals surface area contributed by atoms with E-state index in [-0.39, 0.29) is 21.8 Å². The fraction of sp³-hybridized carbons (Fsp3) is 0.0500. The Kier molecular flexibility index (Phi) is 6.89. The zero-order chi connectivity index (χ0) is 24.2. The molecule has 0 unspecified atom stereocenters. The Balaban J connectivity index is 1.83. The Labute approximate surface area is 190 Å². The van der Waals surface area contributed by atoms with Crippen molar-refractivity contribution in [3.63, 3.8) is 0 Å². The molecule has 0 aliphatic rings. The van der Waals surface area contributed by atoms with E-state index < -0.39 is 32.4 Å². The number of anilines is 2. The van der Waals surface area contributed by atoms with E-state index >= 15 is 0 Å². The van der Waals surface area contributed by atoms with Gasteiger partial charge in [0.15, 0.2) is 0 Å². The fourth-order valence-electron chi connectivity index (χ4n) is 2.66. The second-order valence-electron chi connectivity index (χ2n) is 6.55. The molecular formula is C20H14ClF3N4O4S. The van der Waals surface area contributed by atoms with Gasteiger partial charge in [-0.15, -0.1) is 0 Å². The van der Waals surface area contributed by atoms with Gasteiger partial charge in [-0.1, -0.05) is 29.8 Å². The van der Waals surface area contributed by atoms with Crippen LogP contribution in [0.2, 0.25) is 5.02 Å². The number of nitrogens with one attached hydrogen (secondary N) is 2. The topological polar surface area (TPSA) is 114 Å². The third kappa shape index (κ3) is 6.20. The SMILES string of the molecule is O=[N+]([O-])c1cc(S(=O)(=O)Nc2cccc(Cl)c2)ccc1NN=Cc1cccc(C(F)(F)F)c1. The van der Waals surface area contributed by atoms with Gasteiger partial charge in [0.2, 0.25) is 0 Å². The van der Waals surface area contributed by atoms with Crippen molar-refractivity contribution in [2.45, 2.75) is 11.1 Å². The zero-order valence-corrected chi connectivity index (χ0v) is 17.9. The minimum absolute atomic E-state index is 0.102. The molecule has 0 saturated carbocycles. The Morgan fingerprint density at radius 1 is 1.03 bits per heavy atom. The summed E-state index contributed by atoms with van der Waals surface area (Å²) < 4.78 is 65.8. The summed E-state index contributed by atoms with van der Waals surface area (Å²) in [5.41, 5.74) is 0.973. The van der Waals surface area contributed by atoms with Crippen LogP contribution in [-0.4, -0.2) is 19.6 Å². The highest BCUT2D eigenvalue weighted by atomic mass is 35.5. The highest BCUT2D eigenvalue weighted by Gasteiger charge is 2.30. The summed E-state index contributed by atoms with van der Waals surface area (Å²) in [6.45, 7) is 0. The molecule has 0 aromatic heterocycles. The Hall–Kier alpha value is -3.64. The number of nitro groups is 1. The smallest absolute Gasteiger partial charge is 0.280 e. The molecule has 3 aromatic rings. The number of rotatable bonds is 7. The molecule has 0 aliphatic heterocycles. The van der Waals surface area contributed by atoms with Crippen LogP contribution in [0.4, 0.5) is 30.2 Å². The molecule has 0 radical (unpaired) electrons. The molecule has 13 heteroatoms. The van der Waals surface area contributed by atoms with E-state index in [1.807, 2.05) is 0 Å². The average molecular weight is 499 g/mol. The molecule has 2 N–H and O–H groups in total. The molecule has 0 saturated heterocycles. The van der Waals surface area contributed by atoms with E-state index in [2.05, 4.69) is 15.2 Å². The lowest BCUT2D eigenvalue weighted by molar-refractivity contribution is -0.384. The molecule has 3 aromatic carbocycles. The normalized spacial score (nSPS) is 12.0. The summed E-state index contributed by atoms with van der Waals surface area (Å²) in [6.07, 6.45) is -3.49. The van der Waals surface area contributed by atoms with Crippen molar-refractivity contribution < 1.29 is 26.5 Å². The van der Waals surface area contributed by atoms with E-state index in [4.69, 9.17) is 11.6 Å². The molecule has 0 atom stereocenters. The minimum atomic E-state index is -4.53. The van der Waals surface area contributed by atoms with Gasteiger partial charge in [-0.25, -0.2) is 8.42 Å². The third-order valence-electron chi connectivity index (χ3n) is 4.17. The molecule has 0 heterocycles. The van der Waals surface area contributed by atoms with Crippen molar-refractivity contribution in [3.05, 3.63) is 93.0 Å². The van der Waals surface area contributed by atoms with Gasteiger partial charge in [-0.2, -0.15) is 18.3 Å². The van der Waals surface area contributed by atoms with Crippen molar-refractivity contribution in [2.75, 3.05) is 10.1 Å². The number of sulfonamides is 1. The van der Waals surface area contributed by atoms with E-state index in [0.29, 0.717) is 5.02 Å². The van der Waals surface area contributed by atoms with E-state index in [9.17, 15) is 31.7 Å². The van der Waals surface area contributed by atoms with Crippen LogP contribution in [0.1, 0.15) is 11.1 Å². The predicted octanol–water partition coefficient (Wildman–Crippen LogP) is 5.51. The zero-order valence-electron chi connectivity index (χ0n) is 16.4. The van der Waals surface area contributed by atoms with E-state index in [1.54, 1.807) is 6.07 Å². The third-order valence-corrected chi connectivity index (χ3v) is 5.78. The molecule has 8 nitrogen and oxygen atoms in total. The molecule has 0 aliphatic carbocycles. The molecule has 33 heavy (non-hydrogen) atoms. The van der Waals surface area contributed by atoms with Crippen molar-refractivity contribution in [1.29, 1.82) is 0 Å². The number of halogens is 4. The van der Waals surface area contributed by atoms with Gasteiger partial charge in [0.1, 0.15) is 5.69 Å². The second-order valence-corrected chi connectivity index (χ2v) is 8.66. The van der Waals surface area contributed by atoms with Crippen LogP contribution >= 0.6 is 11.6 Å². The van der Waals surface area contributed by atoms with Gasteiger partial charge in [0, 0.05) is 11.1 Å². The maximum Gasteiger partial charge on any atom is 0.416 e. The molecule has 0 spiro atoms. The summed E-state index contributed by atoms with van der Waals surface area (Å²) in [7, 11) is -4.17. The monoisotopic (exact) mass is 498 g/mol. The van der Waals surface area contributed by atoms with Crippen LogP contribution in [0.3, 0.4) is 0 Å². The van der Waals surface area contributed by atoms with Crippen LogP contribution in [-0.2, 0) is 16.2 Å². The molecule has 0 bridgehead atoms. The molecule has 172 valence electrons. The standard InChI is InChI=1S/C20H14ClF3N4O4S/c21-15-5-2-6-16(10-15)27-33(31,32)17-7-8-18(19(11-17)28(29)30)26-25-12-13-3-1-4-14(9-13)20(22,23)24/h1-12,26-27H. The minimum Gasteiger partial charge on any atom is -0.280 e. The first-order valence-corrected chi connectivity index (χ1v) is 10.8. The first kappa shape index (κ1) is 24.0. The van der Waals surface area contributed by atoms with Gasteiger partial charge in [-0.3, -0.25) is 20.3 Å². The van der Waals surface area contributed by atoms with Gasteiger partial charge >= 0.3 is 6.18 Å². The second kappa shape index (κ2) is 9.46. The number of nitro benzene ring substituents is 1. The summed E-state index contributed by atoms with van der Waals surface area (Å²) in [5.74, 6) is 0. The Morgan fingerprint density at radius 3 is 2.42 bits per heavy atom. The average Bonchev–Trinajstić information content (AvgIpc) is 2.73. The lowest BCUT2D eigenvalue weighted by atomic mass is 10.1. The summed E-state index contributed by atoms with van der Waals surface area (Å²) in [5, 5.41) is 15.5. The Bertz CT molecular complexity index is 1330. The highest BCUT2D eigenvalue weighted by Crippen LogP contribution is 2.30. The van der Waals surface area contributed by atoms with Crippen molar-refractivity contribution in [1.82, 2.24) is 0 Å². The Morgan fingerprint density at radius 2 is 1.76 bits per heavy atom. The van der Waals surface area contributed by atoms with Gasteiger partial charge in [0.05, 0.1) is 27.3 Å². The van der Waals surface area contributed by atoms with Crippen molar-refractivity contribution in [3.8, 4) is 0 Å². The van der Waals surface area contributed by atoms with Crippen LogP contribution in [0, 0.1) is 10.1 Å². The lowest BCUT2D eigenvalue weighted by Gasteiger charge is -2.10. The number of nitrogens with zero attached hydrogens (tertiary/aromatic N) is 2. The van der Waals surface area contributed by atoms with Crippen LogP contribution in [0.15, 0.2) is 76.7 Å². The molecule has 0 fully saturated rings. The number of hydrogen-bond donors (Lipinski definition) is 2. The van der Waals surface area contributed by atoms with Gasteiger partial charge < -0.3 is 0 Å². The number of hydrogen-bond acceptors (Lipinski definition) is 6. The number of benzene rings is 3. The number of alkyl halides is 3. The predicted molar refractivity (Wildman–Crippen MR) is 118 cm³/mol. The van der Waals surface area contributed by atoms with Crippen LogP contribution < -0.4 is 10.1 Å². The van der Waals surface area contributed by atoms with Crippen molar-refractivity contribution in [2.24, 2.45) is 5.10 Å². The first-order chi connectivity index (χ1) is 15.5. The first-order valence-electron chi connectivity index (χ1n) is 8.99. The fourth-order valence-corrected chi connectivity index (χ4v) is 3.92. The number of hydrazone groups is 1. The largest absolute Gasteiger partial charge is 0.416 e. The summed E-state index contributed by atoms with van der Waals surface area (Å²) in [6, 6.07) is 13.3. The summed E-state index contributed by atoms with van der Waals surface area (Å²) in [4.78, 5) is 10.2. The van der Waals surface area contributed by atoms with E-state index in [1.165, 1.54) is 30.3 Å². The quantitative estimate of drug-likeness (QED) is 0.253.